The molecule has 0 bridgehead atoms. The van der Waals surface area contributed by atoms with Gasteiger partial charge in [0.25, 0.3) is 0 Å². The Bertz CT molecular complexity index is 641. The molecule has 0 spiro atoms. The number of aromatic nitrogens is 4. The van der Waals surface area contributed by atoms with Crippen molar-refractivity contribution in [2.45, 2.75) is 12.6 Å². The lowest BCUT2D eigenvalue weighted by Crippen LogP contribution is -2.41. The molecule has 23 heavy (non-hydrogen) atoms. The van der Waals surface area contributed by atoms with Crippen molar-refractivity contribution >= 4 is 17.6 Å². The Morgan fingerprint density at radius 1 is 1.35 bits per heavy atom. The molecule has 2 amide bonds. The van der Waals surface area contributed by atoms with Crippen LogP contribution in [0.5, 0.6) is 0 Å². The van der Waals surface area contributed by atoms with Crippen LogP contribution in [0.2, 0.25) is 5.02 Å². The molecule has 1 aromatic heterocycles. The number of carbonyl (C=O) groups excluding carboxylic acids is 1. The number of aryl methyl sites for hydroxylation is 1. The minimum absolute atomic E-state index is 0.155. The Morgan fingerprint density at radius 2 is 2.04 bits per heavy atom. The summed E-state index contributed by atoms with van der Waals surface area (Å²) in [5.74, 6) is 0.457. The minimum Gasteiger partial charge on any atom is -0.331 e. The van der Waals surface area contributed by atoms with Crippen molar-refractivity contribution < 1.29 is 4.79 Å². The van der Waals surface area contributed by atoms with E-state index in [0.29, 0.717) is 17.4 Å². The molecule has 2 rings (SSSR count). The van der Waals surface area contributed by atoms with E-state index in [9.17, 15) is 4.79 Å². The average molecular weight is 338 g/mol. The lowest BCUT2D eigenvalue weighted by Gasteiger charge is -2.23. The topological polar surface area (TPSA) is 88.0 Å². The van der Waals surface area contributed by atoms with Crippen molar-refractivity contribution in [2.75, 3.05) is 20.6 Å². The van der Waals surface area contributed by atoms with Gasteiger partial charge >= 0.3 is 6.03 Å². The van der Waals surface area contributed by atoms with Crippen molar-refractivity contribution in [1.82, 2.24) is 35.7 Å². The van der Waals surface area contributed by atoms with Gasteiger partial charge in [-0.15, -0.1) is 10.2 Å². The first-order valence-corrected chi connectivity index (χ1v) is 7.49. The summed E-state index contributed by atoms with van der Waals surface area (Å²) < 4.78 is 0. The second kappa shape index (κ2) is 7.89. The van der Waals surface area contributed by atoms with Crippen LogP contribution >= 0.6 is 11.6 Å². The number of hydrogen-bond acceptors (Lipinski definition) is 5. The molecule has 0 aliphatic heterocycles. The maximum atomic E-state index is 12.1. The molecule has 1 unspecified atom stereocenters. The monoisotopic (exact) mass is 337 g/mol. The Balaban J connectivity index is 1.96. The third-order valence-corrected chi connectivity index (χ3v) is 3.33. The van der Waals surface area contributed by atoms with Gasteiger partial charge in [-0.3, -0.25) is 0 Å². The molecule has 0 radical (unpaired) electrons. The largest absolute Gasteiger partial charge is 0.331 e. The molecule has 124 valence electrons. The summed E-state index contributed by atoms with van der Waals surface area (Å²) in [6.07, 6.45) is 0. The molecule has 2 N–H and O–H groups in total. The molecule has 1 aromatic carbocycles. The molecule has 0 aliphatic carbocycles. The molecule has 8 nitrogen and oxygen atoms in total. The van der Waals surface area contributed by atoms with Crippen LogP contribution in [0.25, 0.3) is 0 Å². The molecule has 0 aliphatic rings. The van der Waals surface area contributed by atoms with Gasteiger partial charge in [0.05, 0.1) is 19.6 Å². The van der Waals surface area contributed by atoms with Crippen LogP contribution in [0.4, 0.5) is 4.79 Å². The molecule has 1 atom stereocenters. The van der Waals surface area contributed by atoms with Gasteiger partial charge in [-0.25, -0.2) is 4.79 Å². The number of amides is 2. The number of tetrazole rings is 1. The maximum absolute atomic E-state index is 12.1. The van der Waals surface area contributed by atoms with Crippen molar-refractivity contribution in [3.05, 3.63) is 40.7 Å². The van der Waals surface area contributed by atoms with Crippen LogP contribution in [0.15, 0.2) is 24.3 Å². The fourth-order valence-corrected chi connectivity index (χ4v) is 2.18. The summed E-state index contributed by atoms with van der Waals surface area (Å²) in [6.45, 7) is 0.882. The fraction of sp³-hybridized carbons (Fsp3) is 0.429. The zero-order chi connectivity index (χ0) is 16.8. The van der Waals surface area contributed by atoms with Crippen molar-refractivity contribution in [3.8, 4) is 0 Å². The van der Waals surface area contributed by atoms with E-state index in [1.54, 1.807) is 7.05 Å². The van der Waals surface area contributed by atoms with Crippen LogP contribution in [0.3, 0.4) is 0 Å². The number of halogens is 1. The predicted octanol–water partition coefficient (Wildman–Crippen LogP) is 0.966. The first-order valence-electron chi connectivity index (χ1n) is 7.11. The number of hydrogen-bond donors (Lipinski definition) is 2. The summed E-state index contributed by atoms with van der Waals surface area (Å²) in [7, 11) is 5.57. The SMILES string of the molecule is CN(C)CC(NC(=O)NCc1nnn(C)n1)c1ccc(Cl)cc1. The quantitative estimate of drug-likeness (QED) is 0.820. The van der Waals surface area contributed by atoms with Crippen molar-refractivity contribution in [1.29, 1.82) is 0 Å². The first kappa shape index (κ1) is 17.2. The Hall–Kier alpha value is -2.19. The summed E-state index contributed by atoms with van der Waals surface area (Å²) in [5.41, 5.74) is 0.982. The van der Waals surface area contributed by atoms with Crippen LogP contribution in [-0.2, 0) is 13.6 Å². The van der Waals surface area contributed by atoms with Crippen molar-refractivity contribution in [2.24, 2.45) is 7.05 Å². The summed E-state index contributed by atoms with van der Waals surface area (Å²) in [5, 5.41) is 17.9. The summed E-state index contributed by atoms with van der Waals surface area (Å²) >= 11 is 5.92. The Kier molecular flexibility index (Phi) is 5.89. The Labute approximate surface area is 139 Å². The third kappa shape index (κ3) is 5.50. The van der Waals surface area contributed by atoms with Crippen LogP contribution in [0.1, 0.15) is 17.4 Å². The van der Waals surface area contributed by atoms with Gasteiger partial charge in [0.1, 0.15) is 0 Å². The molecule has 2 aromatic rings. The highest BCUT2D eigenvalue weighted by molar-refractivity contribution is 6.30. The number of likely N-dealkylation sites (N-methyl/N-ethyl adjacent to an activating group) is 1. The molecule has 0 fully saturated rings. The molecular weight excluding hydrogens is 318 g/mol. The second-order valence-corrected chi connectivity index (χ2v) is 5.82. The number of benzene rings is 1. The normalized spacial score (nSPS) is 12.2. The van der Waals surface area contributed by atoms with Crippen LogP contribution in [0, 0.1) is 0 Å². The zero-order valence-corrected chi connectivity index (χ0v) is 14.1. The molecule has 1 heterocycles. The standard InChI is InChI=1S/C14H20ClN7O/c1-21(2)9-12(10-4-6-11(15)7-5-10)17-14(23)16-8-13-18-20-22(3)19-13/h4-7,12H,8-9H2,1-3H3,(H2,16,17,23). The highest BCUT2D eigenvalue weighted by Crippen LogP contribution is 2.17. The van der Waals surface area contributed by atoms with Gasteiger partial charge in [-0.2, -0.15) is 4.80 Å². The highest BCUT2D eigenvalue weighted by atomic mass is 35.5. The number of nitrogens with one attached hydrogen (secondary N) is 2. The van der Waals surface area contributed by atoms with Gasteiger partial charge in [-0.05, 0) is 37.0 Å². The van der Waals surface area contributed by atoms with Gasteiger partial charge in [0.2, 0.25) is 0 Å². The molecular formula is C14H20ClN7O. The summed E-state index contributed by atoms with van der Waals surface area (Å²) in [4.78, 5) is 15.5. The van der Waals surface area contributed by atoms with E-state index in [-0.39, 0.29) is 18.6 Å². The fourth-order valence-electron chi connectivity index (χ4n) is 2.06. The van der Waals surface area contributed by atoms with E-state index in [0.717, 1.165) is 5.56 Å². The number of urea groups is 1. The zero-order valence-electron chi connectivity index (χ0n) is 13.3. The van der Waals surface area contributed by atoms with Crippen LogP contribution in [-0.4, -0.2) is 51.8 Å². The predicted molar refractivity (Wildman–Crippen MR) is 86.9 cm³/mol. The smallest absolute Gasteiger partial charge is 0.315 e. The van der Waals surface area contributed by atoms with E-state index in [1.165, 1.54) is 4.80 Å². The first-order chi connectivity index (χ1) is 10.9. The highest BCUT2D eigenvalue weighted by Gasteiger charge is 2.16. The Morgan fingerprint density at radius 3 is 2.61 bits per heavy atom. The number of rotatable bonds is 6. The lowest BCUT2D eigenvalue weighted by molar-refractivity contribution is 0.232. The van der Waals surface area contributed by atoms with E-state index in [2.05, 4.69) is 26.0 Å². The van der Waals surface area contributed by atoms with Gasteiger partial charge in [0, 0.05) is 11.6 Å². The minimum atomic E-state index is -0.292. The molecule has 0 saturated heterocycles. The van der Waals surface area contributed by atoms with Crippen LogP contribution < -0.4 is 10.6 Å². The molecule has 0 saturated carbocycles. The maximum Gasteiger partial charge on any atom is 0.315 e. The van der Waals surface area contributed by atoms with Gasteiger partial charge in [0.15, 0.2) is 5.82 Å². The average Bonchev–Trinajstić information content (AvgIpc) is 2.90. The molecule has 9 heteroatoms. The van der Waals surface area contributed by atoms with Crippen molar-refractivity contribution in [3.63, 3.8) is 0 Å². The van der Waals surface area contributed by atoms with E-state index < -0.39 is 0 Å². The number of nitrogens with zero attached hydrogens (tertiary/aromatic N) is 5. The number of carbonyl (C=O) groups is 1. The van der Waals surface area contributed by atoms with E-state index in [1.807, 2.05) is 43.3 Å². The van der Waals surface area contributed by atoms with E-state index >= 15 is 0 Å². The van der Waals surface area contributed by atoms with Gasteiger partial charge in [-0.1, -0.05) is 23.7 Å². The van der Waals surface area contributed by atoms with Gasteiger partial charge < -0.3 is 15.5 Å². The lowest BCUT2D eigenvalue weighted by atomic mass is 10.1. The second-order valence-electron chi connectivity index (χ2n) is 5.39. The third-order valence-electron chi connectivity index (χ3n) is 3.08. The van der Waals surface area contributed by atoms with E-state index in [4.69, 9.17) is 11.6 Å². The summed E-state index contributed by atoms with van der Waals surface area (Å²) in [6, 6.07) is 6.98.